The zero-order valence-electron chi connectivity index (χ0n) is 9.67. The molecule has 0 radical (unpaired) electrons. The highest BCUT2D eigenvalue weighted by atomic mass is 79.9. The van der Waals surface area contributed by atoms with Gasteiger partial charge in [0.1, 0.15) is 5.82 Å². The number of nitrogens with two attached hydrogens (primary N) is 1. The highest BCUT2D eigenvalue weighted by Gasteiger charge is 2.27. The van der Waals surface area contributed by atoms with Gasteiger partial charge in [0.2, 0.25) is 0 Å². The average Bonchev–Trinajstić information content (AvgIpc) is 2.73. The van der Waals surface area contributed by atoms with Gasteiger partial charge in [-0.2, -0.15) is 0 Å². The van der Waals surface area contributed by atoms with Gasteiger partial charge in [-0.05, 0) is 41.3 Å². The molecule has 1 aromatic rings. The van der Waals surface area contributed by atoms with Crippen molar-refractivity contribution in [3.05, 3.63) is 22.4 Å². The van der Waals surface area contributed by atoms with E-state index in [1.807, 2.05) is 0 Å². The van der Waals surface area contributed by atoms with Gasteiger partial charge in [-0.3, -0.25) is 0 Å². The number of hydrogen-bond donors (Lipinski definition) is 2. The molecule has 3 N–H and O–H groups in total. The van der Waals surface area contributed by atoms with Crippen molar-refractivity contribution in [2.75, 3.05) is 18.2 Å². The number of anilines is 2. The molecule has 0 bridgehead atoms. The van der Waals surface area contributed by atoms with Gasteiger partial charge < -0.3 is 15.8 Å². The normalized spacial score (nSPS) is 23.9. The van der Waals surface area contributed by atoms with Crippen LogP contribution in [0.4, 0.5) is 15.8 Å². The standard InChI is InChI=1S/C12H16BrFN2O/c1-17-12-4-2-3-10(12)16-11-5-7(13)8(14)6-9(11)15/h5-6,10,12,16H,2-4,15H2,1H3. The summed E-state index contributed by atoms with van der Waals surface area (Å²) < 4.78 is 19.1. The Labute approximate surface area is 109 Å². The van der Waals surface area contributed by atoms with E-state index in [0.717, 1.165) is 24.9 Å². The number of nitrogens with one attached hydrogen (secondary N) is 1. The zero-order chi connectivity index (χ0) is 12.4. The first-order valence-electron chi connectivity index (χ1n) is 5.65. The number of hydrogen-bond acceptors (Lipinski definition) is 3. The van der Waals surface area contributed by atoms with Crippen LogP contribution in [0.15, 0.2) is 16.6 Å². The van der Waals surface area contributed by atoms with E-state index in [0.29, 0.717) is 10.2 Å². The van der Waals surface area contributed by atoms with Gasteiger partial charge in [-0.1, -0.05) is 0 Å². The molecule has 0 spiro atoms. The molecule has 1 aromatic carbocycles. The van der Waals surface area contributed by atoms with Crippen LogP contribution in [0, 0.1) is 5.82 Å². The van der Waals surface area contributed by atoms with E-state index in [2.05, 4.69) is 21.2 Å². The molecule has 5 heteroatoms. The molecule has 17 heavy (non-hydrogen) atoms. The average molecular weight is 303 g/mol. The molecule has 3 nitrogen and oxygen atoms in total. The summed E-state index contributed by atoms with van der Waals surface area (Å²) in [5.41, 5.74) is 6.97. The summed E-state index contributed by atoms with van der Waals surface area (Å²) in [6, 6.07) is 3.25. The number of methoxy groups -OCH3 is 1. The maximum Gasteiger partial charge on any atom is 0.139 e. The summed E-state index contributed by atoms with van der Waals surface area (Å²) in [7, 11) is 1.72. The minimum absolute atomic E-state index is 0.207. The van der Waals surface area contributed by atoms with Crippen LogP contribution in [-0.4, -0.2) is 19.3 Å². The minimum Gasteiger partial charge on any atom is -0.397 e. The van der Waals surface area contributed by atoms with Gasteiger partial charge >= 0.3 is 0 Å². The first-order valence-corrected chi connectivity index (χ1v) is 6.45. The molecule has 1 fully saturated rings. The molecular weight excluding hydrogens is 287 g/mol. The summed E-state index contributed by atoms with van der Waals surface area (Å²) in [6.07, 6.45) is 3.44. The van der Waals surface area contributed by atoms with E-state index in [-0.39, 0.29) is 18.0 Å². The topological polar surface area (TPSA) is 47.3 Å². The maximum atomic E-state index is 13.2. The lowest BCUT2D eigenvalue weighted by Crippen LogP contribution is -2.30. The molecule has 0 aromatic heterocycles. The summed E-state index contributed by atoms with van der Waals surface area (Å²) >= 11 is 3.16. The lowest BCUT2D eigenvalue weighted by Gasteiger charge is -2.22. The Morgan fingerprint density at radius 3 is 2.94 bits per heavy atom. The Morgan fingerprint density at radius 1 is 1.47 bits per heavy atom. The molecule has 1 aliphatic carbocycles. The first kappa shape index (κ1) is 12.6. The van der Waals surface area contributed by atoms with Crippen LogP contribution in [0.25, 0.3) is 0 Å². The first-order chi connectivity index (χ1) is 8.11. The Hall–Kier alpha value is -0.810. The van der Waals surface area contributed by atoms with Crippen molar-refractivity contribution >= 4 is 27.3 Å². The predicted molar refractivity (Wildman–Crippen MR) is 70.6 cm³/mol. The molecule has 94 valence electrons. The van der Waals surface area contributed by atoms with Gasteiger partial charge in [-0.15, -0.1) is 0 Å². The summed E-state index contributed by atoms with van der Waals surface area (Å²) in [6.45, 7) is 0. The van der Waals surface area contributed by atoms with E-state index in [1.165, 1.54) is 6.07 Å². The number of ether oxygens (including phenoxy) is 1. The Balaban J connectivity index is 2.15. The quantitative estimate of drug-likeness (QED) is 0.843. The fraction of sp³-hybridized carbons (Fsp3) is 0.500. The second-order valence-electron chi connectivity index (χ2n) is 4.31. The molecule has 0 amide bonds. The SMILES string of the molecule is COC1CCCC1Nc1cc(Br)c(F)cc1N. The lowest BCUT2D eigenvalue weighted by molar-refractivity contribution is 0.101. The fourth-order valence-corrected chi connectivity index (χ4v) is 2.60. The largest absolute Gasteiger partial charge is 0.397 e. The Bertz CT molecular complexity index is 414. The number of benzene rings is 1. The van der Waals surface area contributed by atoms with Gasteiger partial charge in [-0.25, -0.2) is 4.39 Å². The fourth-order valence-electron chi connectivity index (χ4n) is 2.26. The minimum atomic E-state index is -0.345. The third-order valence-corrected chi connectivity index (χ3v) is 3.80. The van der Waals surface area contributed by atoms with Crippen molar-refractivity contribution in [1.29, 1.82) is 0 Å². The maximum absolute atomic E-state index is 13.2. The molecule has 0 saturated heterocycles. The van der Waals surface area contributed by atoms with E-state index in [1.54, 1.807) is 13.2 Å². The number of nitrogen functional groups attached to an aromatic ring is 1. The molecule has 2 rings (SSSR count). The molecular formula is C12H16BrFN2O. The van der Waals surface area contributed by atoms with E-state index in [9.17, 15) is 4.39 Å². The van der Waals surface area contributed by atoms with Gasteiger partial charge in [0.15, 0.2) is 0 Å². The van der Waals surface area contributed by atoms with Crippen molar-refractivity contribution in [1.82, 2.24) is 0 Å². The van der Waals surface area contributed by atoms with Crippen molar-refractivity contribution in [3.63, 3.8) is 0 Å². The van der Waals surface area contributed by atoms with Crippen LogP contribution in [0.3, 0.4) is 0 Å². The highest BCUT2D eigenvalue weighted by molar-refractivity contribution is 9.10. The van der Waals surface area contributed by atoms with Crippen molar-refractivity contribution in [2.45, 2.75) is 31.4 Å². The second-order valence-corrected chi connectivity index (χ2v) is 5.16. The smallest absolute Gasteiger partial charge is 0.139 e. The molecule has 0 heterocycles. The molecule has 0 aliphatic heterocycles. The van der Waals surface area contributed by atoms with Crippen LogP contribution >= 0.6 is 15.9 Å². The third kappa shape index (κ3) is 2.72. The second kappa shape index (κ2) is 5.23. The Kier molecular flexibility index (Phi) is 3.89. The molecule has 2 atom stereocenters. The monoisotopic (exact) mass is 302 g/mol. The van der Waals surface area contributed by atoms with E-state index >= 15 is 0 Å². The predicted octanol–water partition coefficient (Wildman–Crippen LogP) is 3.15. The van der Waals surface area contributed by atoms with Crippen molar-refractivity contribution < 1.29 is 9.13 Å². The van der Waals surface area contributed by atoms with Gasteiger partial charge in [0.05, 0.1) is 28.0 Å². The van der Waals surface area contributed by atoms with E-state index < -0.39 is 0 Å². The van der Waals surface area contributed by atoms with Gasteiger partial charge in [0.25, 0.3) is 0 Å². The van der Waals surface area contributed by atoms with Crippen LogP contribution in [0.5, 0.6) is 0 Å². The highest BCUT2D eigenvalue weighted by Crippen LogP contribution is 2.31. The van der Waals surface area contributed by atoms with Crippen LogP contribution in [-0.2, 0) is 4.74 Å². The molecule has 2 unspecified atom stereocenters. The van der Waals surface area contributed by atoms with Crippen molar-refractivity contribution in [2.24, 2.45) is 0 Å². The number of rotatable bonds is 3. The zero-order valence-corrected chi connectivity index (χ0v) is 11.3. The van der Waals surface area contributed by atoms with Crippen LogP contribution in [0.2, 0.25) is 0 Å². The van der Waals surface area contributed by atoms with Gasteiger partial charge in [0, 0.05) is 13.2 Å². The summed E-state index contributed by atoms with van der Waals surface area (Å²) in [5, 5.41) is 3.33. The van der Waals surface area contributed by atoms with Crippen molar-refractivity contribution in [3.8, 4) is 0 Å². The number of halogens is 2. The van der Waals surface area contributed by atoms with E-state index in [4.69, 9.17) is 10.5 Å². The van der Waals surface area contributed by atoms with Crippen LogP contribution in [0.1, 0.15) is 19.3 Å². The lowest BCUT2D eigenvalue weighted by atomic mass is 10.2. The summed E-state index contributed by atoms with van der Waals surface area (Å²) in [4.78, 5) is 0. The molecule has 1 saturated carbocycles. The third-order valence-electron chi connectivity index (χ3n) is 3.19. The Morgan fingerprint density at radius 2 is 2.24 bits per heavy atom. The van der Waals surface area contributed by atoms with Crippen LogP contribution < -0.4 is 11.1 Å². The summed E-state index contributed by atoms with van der Waals surface area (Å²) in [5.74, 6) is -0.345. The molecule has 1 aliphatic rings.